The standard InChI is InChI=1S/C13H10ClN3O2/c1-7-4-3-5-10(9(7)6-15)17-12(18)8(2)11(14)16-13(17)19/h3-5H,1-2H3,(H,16,19). The summed E-state index contributed by atoms with van der Waals surface area (Å²) in [7, 11) is 0. The minimum Gasteiger partial charge on any atom is -0.297 e. The van der Waals surface area contributed by atoms with Gasteiger partial charge in [0.25, 0.3) is 5.56 Å². The molecule has 2 aromatic rings. The number of H-pyrrole nitrogens is 1. The summed E-state index contributed by atoms with van der Waals surface area (Å²) in [6.07, 6.45) is 0. The molecular formula is C13H10ClN3O2. The lowest BCUT2D eigenvalue weighted by Gasteiger charge is -2.09. The molecule has 0 radical (unpaired) electrons. The summed E-state index contributed by atoms with van der Waals surface area (Å²) in [5.74, 6) is 0. The van der Waals surface area contributed by atoms with Crippen molar-refractivity contribution >= 4 is 11.6 Å². The average molecular weight is 276 g/mol. The zero-order chi connectivity index (χ0) is 14.2. The maximum absolute atomic E-state index is 12.1. The van der Waals surface area contributed by atoms with Crippen molar-refractivity contribution in [3.8, 4) is 11.8 Å². The van der Waals surface area contributed by atoms with Gasteiger partial charge in [-0.25, -0.2) is 9.36 Å². The Morgan fingerprint density at radius 1 is 1.32 bits per heavy atom. The number of rotatable bonds is 1. The van der Waals surface area contributed by atoms with Crippen molar-refractivity contribution in [2.75, 3.05) is 0 Å². The first kappa shape index (κ1) is 13.1. The molecule has 0 unspecified atom stereocenters. The van der Waals surface area contributed by atoms with E-state index in [2.05, 4.69) is 4.98 Å². The van der Waals surface area contributed by atoms with Gasteiger partial charge < -0.3 is 0 Å². The van der Waals surface area contributed by atoms with Crippen LogP contribution < -0.4 is 11.2 Å². The Balaban J connectivity index is 2.94. The Morgan fingerprint density at radius 2 is 2.00 bits per heavy atom. The fourth-order valence-corrected chi connectivity index (χ4v) is 1.96. The Labute approximate surface area is 113 Å². The minimum absolute atomic E-state index is 0.0115. The number of nitrogens with zero attached hydrogens (tertiary/aromatic N) is 2. The van der Waals surface area contributed by atoms with Crippen molar-refractivity contribution in [3.63, 3.8) is 0 Å². The van der Waals surface area contributed by atoms with Crippen molar-refractivity contribution < 1.29 is 0 Å². The van der Waals surface area contributed by atoms with E-state index in [0.29, 0.717) is 5.56 Å². The van der Waals surface area contributed by atoms with Crippen molar-refractivity contribution in [2.45, 2.75) is 13.8 Å². The molecule has 0 fully saturated rings. The molecule has 1 aromatic heterocycles. The maximum atomic E-state index is 12.1. The third-order valence-electron chi connectivity index (χ3n) is 2.88. The Hall–Kier alpha value is -2.32. The number of aromatic nitrogens is 2. The number of nitrogens with one attached hydrogen (secondary N) is 1. The second kappa shape index (κ2) is 4.75. The third kappa shape index (κ3) is 2.07. The molecule has 6 heteroatoms. The lowest BCUT2D eigenvalue weighted by molar-refractivity contribution is 0.856. The third-order valence-corrected chi connectivity index (χ3v) is 3.25. The van der Waals surface area contributed by atoms with Crippen LogP contribution in [0.3, 0.4) is 0 Å². The van der Waals surface area contributed by atoms with E-state index in [1.807, 2.05) is 6.07 Å². The Kier molecular flexibility index (Phi) is 3.28. The number of aromatic amines is 1. The largest absolute Gasteiger partial charge is 0.334 e. The van der Waals surface area contributed by atoms with Gasteiger partial charge in [0, 0.05) is 0 Å². The van der Waals surface area contributed by atoms with Gasteiger partial charge in [-0.3, -0.25) is 9.78 Å². The monoisotopic (exact) mass is 275 g/mol. The van der Waals surface area contributed by atoms with Crippen LogP contribution in [0.2, 0.25) is 5.15 Å². The quantitative estimate of drug-likeness (QED) is 0.804. The first-order valence-electron chi connectivity index (χ1n) is 5.49. The zero-order valence-electron chi connectivity index (χ0n) is 10.3. The number of hydrogen-bond acceptors (Lipinski definition) is 3. The van der Waals surface area contributed by atoms with Gasteiger partial charge in [-0.1, -0.05) is 23.7 Å². The first-order valence-corrected chi connectivity index (χ1v) is 5.86. The summed E-state index contributed by atoms with van der Waals surface area (Å²) >= 11 is 5.75. The van der Waals surface area contributed by atoms with Crippen LogP contribution in [0.5, 0.6) is 0 Å². The molecule has 1 aromatic carbocycles. The summed E-state index contributed by atoms with van der Waals surface area (Å²) in [5, 5.41) is 9.17. The molecule has 0 saturated heterocycles. The summed E-state index contributed by atoms with van der Waals surface area (Å²) in [6.45, 7) is 3.25. The number of aryl methyl sites for hydroxylation is 1. The molecule has 5 nitrogen and oxygen atoms in total. The number of hydrogen-bond donors (Lipinski definition) is 1. The van der Waals surface area contributed by atoms with Gasteiger partial charge >= 0.3 is 5.69 Å². The number of benzene rings is 1. The van der Waals surface area contributed by atoms with Gasteiger partial charge in [-0.15, -0.1) is 0 Å². The van der Waals surface area contributed by atoms with E-state index in [4.69, 9.17) is 16.9 Å². The van der Waals surface area contributed by atoms with Crippen LogP contribution in [0, 0.1) is 25.2 Å². The highest BCUT2D eigenvalue weighted by molar-refractivity contribution is 6.30. The lowest BCUT2D eigenvalue weighted by Crippen LogP contribution is -2.35. The molecule has 0 aliphatic rings. The number of nitriles is 1. The molecule has 0 aliphatic carbocycles. The molecule has 0 bridgehead atoms. The normalized spacial score (nSPS) is 10.2. The fourth-order valence-electron chi connectivity index (χ4n) is 1.80. The van der Waals surface area contributed by atoms with Crippen LogP contribution in [0.15, 0.2) is 27.8 Å². The van der Waals surface area contributed by atoms with E-state index < -0.39 is 11.2 Å². The molecule has 19 heavy (non-hydrogen) atoms. The van der Waals surface area contributed by atoms with Gasteiger partial charge in [0.1, 0.15) is 11.2 Å². The van der Waals surface area contributed by atoms with E-state index in [1.165, 1.54) is 6.92 Å². The van der Waals surface area contributed by atoms with E-state index in [-0.39, 0.29) is 22.0 Å². The van der Waals surface area contributed by atoms with Crippen LogP contribution in [0.25, 0.3) is 5.69 Å². The molecule has 0 amide bonds. The first-order chi connectivity index (χ1) is 8.97. The molecule has 0 atom stereocenters. The molecule has 1 N–H and O–H groups in total. The van der Waals surface area contributed by atoms with Crippen molar-refractivity contribution in [1.82, 2.24) is 9.55 Å². The van der Waals surface area contributed by atoms with Gasteiger partial charge in [0.2, 0.25) is 0 Å². The van der Waals surface area contributed by atoms with Crippen LogP contribution in [-0.2, 0) is 0 Å². The summed E-state index contributed by atoms with van der Waals surface area (Å²) < 4.78 is 0.923. The minimum atomic E-state index is -0.664. The fraction of sp³-hybridized carbons (Fsp3) is 0.154. The van der Waals surface area contributed by atoms with Gasteiger partial charge in [-0.2, -0.15) is 5.26 Å². The smallest absolute Gasteiger partial charge is 0.297 e. The number of halogens is 1. The molecule has 96 valence electrons. The van der Waals surface area contributed by atoms with E-state index in [9.17, 15) is 9.59 Å². The topological polar surface area (TPSA) is 78.7 Å². The van der Waals surface area contributed by atoms with E-state index in [1.54, 1.807) is 25.1 Å². The summed E-state index contributed by atoms with van der Waals surface area (Å²) in [4.78, 5) is 26.4. The Bertz CT molecular complexity index is 812. The van der Waals surface area contributed by atoms with Gasteiger partial charge in [0.15, 0.2) is 0 Å². The second-order valence-corrected chi connectivity index (χ2v) is 4.47. The molecule has 0 saturated carbocycles. The molecule has 2 rings (SSSR count). The highest BCUT2D eigenvalue weighted by Crippen LogP contribution is 2.15. The van der Waals surface area contributed by atoms with Gasteiger partial charge in [-0.05, 0) is 25.5 Å². The van der Waals surface area contributed by atoms with Crippen LogP contribution >= 0.6 is 11.6 Å². The lowest BCUT2D eigenvalue weighted by atomic mass is 10.1. The molecule has 1 heterocycles. The van der Waals surface area contributed by atoms with E-state index >= 15 is 0 Å². The van der Waals surface area contributed by atoms with Crippen molar-refractivity contribution in [2.24, 2.45) is 0 Å². The van der Waals surface area contributed by atoms with E-state index in [0.717, 1.165) is 4.57 Å². The zero-order valence-corrected chi connectivity index (χ0v) is 11.1. The second-order valence-electron chi connectivity index (χ2n) is 4.09. The van der Waals surface area contributed by atoms with Crippen LogP contribution in [0.4, 0.5) is 0 Å². The average Bonchev–Trinajstić information content (AvgIpc) is 2.36. The predicted molar refractivity (Wildman–Crippen MR) is 71.9 cm³/mol. The van der Waals surface area contributed by atoms with Gasteiger partial charge in [0.05, 0.1) is 16.8 Å². The van der Waals surface area contributed by atoms with Crippen molar-refractivity contribution in [3.05, 3.63) is 60.9 Å². The van der Waals surface area contributed by atoms with Crippen LogP contribution in [-0.4, -0.2) is 9.55 Å². The SMILES string of the molecule is Cc1cccc(-n2c(=O)[nH]c(Cl)c(C)c2=O)c1C#N. The molecular weight excluding hydrogens is 266 g/mol. The van der Waals surface area contributed by atoms with Crippen LogP contribution in [0.1, 0.15) is 16.7 Å². The van der Waals surface area contributed by atoms with Crippen molar-refractivity contribution in [1.29, 1.82) is 5.26 Å². The molecule has 0 spiro atoms. The highest BCUT2D eigenvalue weighted by atomic mass is 35.5. The Morgan fingerprint density at radius 3 is 2.63 bits per heavy atom. The maximum Gasteiger partial charge on any atom is 0.334 e. The predicted octanol–water partition coefficient (Wildman–Crippen LogP) is 1.67. The summed E-state index contributed by atoms with van der Waals surface area (Å²) in [6, 6.07) is 6.98. The summed E-state index contributed by atoms with van der Waals surface area (Å²) in [5.41, 5.74) is 0.273. The highest BCUT2D eigenvalue weighted by Gasteiger charge is 2.14. The molecule has 0 aliphatic heterocycles.